The average molecular weight is 368 g/mol. The molecule has 0 aliphatic rings. The number of aryl methyl sites for hydroxylation is 1. The van der Waals surface area contributed by atoms with Crippen molar-refractivity contribution in [2.24, 2.45) is 0 Å². The fourth-order valence-electron chi connectivity index (χ4n) is 2.28. The number of carbonyl (C=O) groups is 1. The van der Waals surface area contributed by atoms with Gasteiger partial charge in [-0.1, -0.05) is 41.9 Å². The number of carboxylic acids is 1. The molecule has 1 atom stereocenters. The molecular weight excluding hydrogens is 350 g/mol. The lowest BCUT2D eigenvalue weighted by Gasteiger charge is -2.24. The first-order valence-electron chi connectivity index (χ1n) is 7.24. The standard InChI is InChI=1S/C17H18ClNO4S/c1-12-8-9-13(10-15(12)18)11-16(17(20)21)19(2)24(22,23)14-6-4-3-5-7-14/h3-10,16H,11H2,1-2H3,(H,20,21)/t16-/m1/s1. The zero-order valence-electron chi connectivity index (χ0n) is 13.3. The molecule has 0 saturated heterocycles. The van der Waals surface area contributed by atoms with Gasteiger partial charge < -0.3 is 5.11 Å². The summed E-state index contributed by atoms with van der Waals surface area (Å²) in [5.74, 6) is -1.21. The van der Waals surface area contributed by atoms with Gasteiger partial charge in [0, 0.05) is 12.1 Å². The molecule has 2 rings (SSSR count). The first-order valence-corrected chi connectivity index (χ1v) is 9.06. The van der Waals surface area contributed by atoms with E-state index >= 15 is 0 Å². The van der Waals surface area contributed by atoms with Gasteiger partial charge in [0.05, 0.1) is 4.90 Å². The molecule has 0 fully saturated rings. The number of aliphatic carboxylic acids is 1. The van der Waals surface area contributed by atoms with Crippen molar-refractivity contribution in [2.45, 2.75) is 24.3 Å². The van der Waals surface area contributed by atoms with E-state index in [1.54, 1.807) is 36.4 Å². The molecule has 128 valence electrons. The van der Waals surface area contributed by atoms with Gasteiger partial charge in [-0.25, -0.2) is 8.42 Å². The van der Waals surface area contributed by atoms with Gasteiger partial charge in [0.25, 0.3) is 0 Å². The largest absolute Gasteiger partial charge is 0.480 e. The molecule has 7 heteroatoms. The molecule has 24 heavy (non-hydrogen) atoms. The van der Waals surface area contributed by atoms with Crippen LogP contribution in [0.3, 0.4) is 0 Å². The van der Waals surface area contributed by atoms with Crippen molar-refractivity contribution in [3.8, 4) is 0 Å². The molecule has 0 amide bonds. The smallest absolute Gasteiger partial charge is 0.322 e. The van der Waals surface area contributed by atoms with Gasteiger partial charge >= 0.3 is 5.97 Å². The number of likely N-dealkylation sites (N-methyl/N-ethyl adjacent to an activating group) is 1. The van der Waals surface area contributed by atoms with Crippen LogP contribution in [0.25, 0.3) is 0 Å². The first kappa shape index (κ1) is 18.4. The number of hydrogen-bond donors (Lipinski definition) is 1. The van der Waals surface area contributed by atoms with Crippen LogP contribution in [0, 0.1) is 6.92 Å². The van der Waals surface area contributed by atoms with E-state index in [0.29, 0.717) is 10.6 Å². The van der Waals surface area contributed by atoms with Crippen molar-refractivity contribution in [1.29, 1.82) is 0 Å². The van der Waals surface area contributed by atoms with Gasteiger partial charge in [-0.3, -0.25) is 4.79 Å². The van der Waals surface area contributed by atoms with Gasteiger partial charge in [-0.2, -0.15) is 4.31 Å². The third-order valence-corrected chi connectivity index (χ3v) is 6.10. The third-order valence-electron chi connectivity index (χ3n) is 3.81. The normalized spacial score (nSPS) is 13.0. The van der Waals surface area contributed by atoms with Gasteiger partial charge in [-0.15, -0.1) is 0 Å². The Morgan fingerprint density at radius 1 is 1.21 bits per heavy atom. The van der Waals surface area contributed by atoms with Crippen LogP contribution in [-0.4, -0.2) is 36.9 Å². The molecule has 0 heterocycles. The van der Waals surface area contributed by atoms with Crippen LogP contribution in [0.2, 0.25) is 5.02 Å². The molecule has 0 aliphatic heterocycles. The summed E-state index contributed by atoms with van der Waals surface area (Å²) >= 11 is 6.06. The highest BCUT2D eigenvalue weighted by Gasteiger charge is 2.32. The van der Waals surface area contributed by atoms with Gasteiger partial charge in [-0.05, 0) is 42.7 Å². The fourth-order valence-corrected chi connectivity index (χ4v) is 3.82. The number of sulfonamides is 1. The quantitative estimate of drug-likeness (QED) is 0.851. The Bertz CT molecular complexity index is 837. The van der Waals surface area contributed by atoms with Crippen molar-refractivity contribution in [2.75, 3.05) is 7.05 Å². The fraction of sp³-hybridized carbons (Fsp3) is 0.235. The molecular formula is C17H18ClNO4S. The summed E-state index contributed by atoms with van der Waals surface area (Å²) in [5, 5.41) is 10.0. The van der Waals surface area contributed by atoms with Gasteiger partial charge in [0.2, 0.25) is 10.0 Å². The van der Waals surface area contributed by atoms with Crippen molar-refractivity contribution in [3.63, 3.8) is 0 Å². The van der Waals surface area contributed by atoms with Crippen LogP contribution in [0.5, 0.6) is 0 Å². The summed E-state index contributed by atoms with van der Waals surface area (Å²) in [5.41, 5.74) is 1.53. The zero-order valence-corrected chi connectivity index (χ0v) is 14.9. The molecule has 0 bridgehead atoms. The lowest BCUT2D eigenvalue weighted by atomic mass is 10.0. The first-order chi connectivity index (χ1) is 11.2. The summed E-state index contributed by atoms with van der Waals surface area (Å²) < 4.78 is 26.1. The van der Waals surface area contributed by atoms with E-state index in [1.807, 2.05) is 6.92 Å². The highest BCUT2D eigenvalue weighted by atomic mass is 35.5. The Morgan fingerprint density at radius 2 is 1.83 bits per heavy atom. The molecule has 0 aromatic heterocycles. The van der Waals surface area contributed by atoms with E-state index in [-0.39, 0.29) is 11.3 Å². The number of nitrogens with zero attached hydrogens (tertiary/aromatic N) is 1. The van der Waals surface area contributed by atoms with Crippen molar-refractivity contribution < 1.29 is 18.3 Å². The second-order valence-electron chi connectivity index (χ2n) is 5.48. The predicted molar refractivity (Wildman–Crippen MR) is 92.7 cm³/mol. The highest BCUT2D eigenvalue weighted by molar-refractivity contribution is 7.89. The lowest BCUT2D eigenvalue weighted by molar-refractivity contribution is -0.141. The molecule has 5 nitrogen and oxygen atoms in total. The van der Waals surface area contributed by atoms with E-state index < -0.39 is 22.0 Å². The van der Waals surface area contributed by atoms with Crippen LogP contribution in [0.4, 0.5) is 0 Å². The Kier molecular flexibility index (Phi) is 5.64. The van der Waals surface area contributed by atoms with Crippen molar-refractivity contribution in [1.82, 2.24) is 4.31 Å². The minimum absolute atomic E-state index is 0.0257. The predicted octanol–water partition coefficient (Wildman–Crippen LogP) is 2.96. The highest BCUT2D eigenvalue weighted by Crippen LogP contribution is 2.22. The van der Waals surface area contributed by atoms with Crippen LogP contribution >= 0.6 is 11.6 Å². The second-order valence-corrected chi connectivity index (χ2v) is 7.88. The molecule has 0 unspecified atom stereocenters. The second kappa shape index (κ2) is 7.34. The van der Waals surface area contributed by atoms with E-state index in [9.17, 15) is 18.3 Å². The maximum absolute atomic E-state index is 12.6. The summed E-state index contributed by atoms with van der Waals surface area (Å²) in [4.78, 5) is 11.7. The summed E-state index contributed by atoms with van der Waals surface area (Å²) in [6.07, 6.45) is 0.0257. The van der Waals surface area contributed by atoms with E-state index in [0.717, 1.165) is 9.87 Å². The third kappa shape index (κ3) is 3.95. The Morgan fingerprint density at radius 3 is 2.38 bits per heavy atom. The minimum Gasteiger partial charge on any atom is -0.480 e. The van der Waals surface area contributed by atoms with Gasteiger partial charge in [0.1, 0.15) is 6.04 Å². The SMILES string of the molecule is Cc1ccc(C[C@H](C(=O)O)N(C)S(=O)(=O)c2ccccc2)cc1Cl. The summed E-state index contributed by atoms with van der Waals surface area (Å²) in [6, 6.07) is 11.7. The molecule has 0 spiro atoms. The number of benzene rings is 2. The number of halogens is 1. The molecule has 0 aliphatic carbocycles. The number of hydrogen-bond acceptors (Lipinski definition) is 3. The van der Waals surface area contributed by atoms with Crippen LogP contribution in [-0.2, 0) is 21.2 Å². The molecule has 2 aromatic rings. The van der Waals surface area contributed by atoms with Crippen molar-refractivity contribution >= 4 is 27.6 Å². The molecule has 1 N–H and O–H groups in total. The van der Waals surface area contributed by atoms with E-state index in [4.69, 9.17) is 11.6 Å². The summed E-state index contributed by atoms with van der Waals surface area (Å²) in [7, 11) is -2.63. The summed E-state index contributed by atoms with van der Waals surface area (Å²) in [6.45, 7) is 1.84. The Labute approximate surface area is 146 Å². The Balaban J connectivity index is 2.33. The zero-order chi connectivity index (χ0) is 17.9. The number of rotatable bonds is 6. The van der Waals surface area contributed by atoms with E-state index in [2.05, 4.69) is 0 Å². The lowest BCUT2D eigenvalue weighted by Crippen LogP contribution is -2.43. The van der Waals surface area contributed by atoms with Crippen molar-refractivity contribution in [3.05, 3.63) is 64.7 Å². The minimum atomic E-state index is -3.90. The van der Waals surface area contributed by atoms with Crippen LogP contribution < -0.4 is 0 Å². The van der Waals surface area contributed by atoms with E-state index in [1.165, 1.54) is 19.2 Å². The monoisotopic (exact) mass is 367 g/mol. The average Bonchev–Trinajstić information content (AvgIpc) is 2.55. The molecule has 0 radical (unpaired) electrons. The van der Waals surface area contributed by atoms with Crippen LogP contribution in [0.15, 0.2) is 53.4 Å². The molecule has 0 saturated carbocycles. The maximum atomic E-state index is 12.6. The number of carboxylic acid groups (broad SMARTS) is 1. The topological polar surface area (TPSA) is 74.7 Å². The Hall–Kier alpha value is -1.89. The maximum Gasteiger partial charge on any atom is 0.322 e. The van der Waals surface area contributed by atoms with Crippen LogP contribution in [0.1, 0.15) is 11.1 Å². The van der Waals surface area contributed by atoms with Gasteiger partial charge in [0.15, 0.2) is 0 Å². The molecule has 2 aromatic carbocycles.